The van der Waals surface area contributed by atoms with Gasteiger partial charge in [0.1, 0.15) is 18.3 Å². The molecule has 0 radical (unpaired) electrons. The number of aryl methyl sites for hydroxylation is 2. The van der Waals surface area contributed by atoms with E-state index < -0.39 is 12.8 Å². The number of rotatable bonds is 7. The molecule has 5 rings (SSSR count). The molecule has 2 atom stereocenters. The van der Waals surface area contributed by atoms with Gasteiger partial charge in [-0.2, -0.15) is 5.10 Å². The number of hydrogen-bond acceptors (Lipinski definition) is 8. The SMILES string of the molecule is Cc1nc(N2CCOC(CO)C2)cc(-n2ncc3cc(C)c(C4CCN(CC(O)CF)CC4)cc32)n1. The highest BCUT2D eigenvalue weighted by atomic mass is 19.1. The van der Waals surface area contributed by atoms with E-state index in [0.29, 0.717) is 43.8 Å². The van der Waals surface area contributed by atoms with Gasteiger partial charge in [-0.1, -0.05) is 0 Å². The summed E-state index contributed by atoms with van der Waals surface area (Å²) >= 11 is 0. The lowest BCUT2D eigenvalue weighted by atomic mass is 9.86. The Morgan fingerprint density at radius 3 is 2.64 bits per heavy atom. The molecule has 2 aromatic heterocycles. The molecule has 9 nitrogen and oxygen atoms in total. The average Bonchev–Trinajstić information content (AvgIpc) is 3.31. The number of morpholine rings is 1. The van der Waals surface area contributed by atoms with Crippen molar-refractivity contribution >= 4 is 16.7 Å². The minimum atomic E-state index is -0.901. The van der Waals surface area contributed by atoms with Crippen LogP contribution in [0, 0.1) is 13.8 Å². The zero-order chi connectivity index (χ0) is 25.2. The molecular formula is C26H35FN6O3. The van der Waals surface area contributed by atoms with Crippen molar-refractivity contribution in [3.8, 4) is 5.82 Å². The van der Waals surface area contributed by atoms with E-state index in [1.54, 1.807) is 0 Å². The Kier molecular flexibility index (Phi) is 7.47. The first kappa shape index (κ1) is 25.0. The van der Waals surface area contributed by atoms with Gasteiger partial charge in [0, 0.05) is 31.1 Å². The fraction of sp³-hybridized carbons (Fsp3) is 0.577. The van der Waals surface area contributed by atoms with Gasteiger partial charge in [0.25, 0.3) is 0 Å². The third-order valence-corrected chi connectivity index (χ3v) is 7.32. The summed E-state index contributed by atoms with van der Waals surface area (Å²) in [5.74, 6) is 2.58. The predicted octanol–water partition coefficient (Wildman–Crippen LogP) is 2.14. The average molecular weight is 499 g/mol. The molecule has 1 aromatic carbocycles. The van der Waals surface area contributed by atoms with E-state index >= 15 is 0 Å². The van der Waals surface area contributed by atoms with Crippen LogP contribution in [0.3, 0.4) is 0 Å². The molecule has 2 aliphatic heterocycles. The number of anilines is 1. The van der Waals surface area contributed by atoms with Crippen molar-refractivity contribution in [3.05, 3.63) is 41.3 Å². The second kappa shape index (κ2) is 10.8. The molecule has 2 fully saturated rings. The standard InChI is InChI=1S/C26H35FN6O3/c1-17-9-20-13-28-33(24(20)10-23(17)19-3-5-31(6-4-19)14-21(35)12-27)26-11-25(29-18(2)30-26)32-7-8-36-22(15-32)16-34/h9-11,13,19,21-22,34-35H,3-8,12,14-16H2,1-2H3. The first-order valence-corrected chi connectivity index (χ1v) is 12.7. The maximum Gasteiger partial charge on any atom is 0.159 e. The summed E-state index contributed by atoms with van der Waals surface area (Å²) in [5.41, 5.74) is 3.55. The number of alkyl halides is 1. The minimum Gasteiger partial charge on any atom is -0.394 e. The highest BCUT2D eigenvalue weighted by molar-refractivity contribution is 5.82. The largest absolute Gasteiger partial charge is 0.394 e. The molecular weight excluding hydrogens is 463 g/mol. The van der Waals surface area contributed by atoms with Crippen LogP contribution >= 0.6 is 0 Å². The number of likely N-dealkylation sites (tertiary alicyclic amines) is 1. The van der Waals surface area contributed by atoms with E-state index in [4.69, 9.17) is 9.72 Å². The summed E-state index contributed by atoms with van der Waals surface area (Å²) in [7, 11) is 0. The van der Waals surface area contributed by atoms with E-state index in [1.807, 2.05) is 23.9 Å². The van der Waals surface area contributed by atoms with Crippen LogP contribution in [-0.4, -0.2) is 99.7 Å². The van der Waals surface area contributed by atoms with Gasteiger partial charge in [-0.15, -0.1) is 0 Å². The number of aromatic nitrogens is 4. The zero-order valence-electron chi connectivity index (χ0n) is 21.0. The van der Waals surface area contributed by atoms with Gasteiger partial charge in [-0.05, 0) is 69.0 Å². The van der Waals surface area contributed by atoms with Crippen LogP contribution in [0.4, 0.5) is 10.2 Å². The second-order valence-corrected chi connectivity index (χ2v) is 9.96. The summed E-state index contributed by atoms with van der Waals surface area (Å²) in [6.07, 6.45) is 2.70. The van der Waals surface area contributed by atoms with Gasteiger partial charge in [0.05, 0.1) is 37.1 Å². The van der Waals surface area contributed by atoms with Crippen molar-refractivity contribution < 1.29 is 19.3 Å². The van der Waals surface area contributed by atoms with Crippen LogP contribution in [-0.2, 0) is 4.74 Å². The van der Waals surface area contributed by atoms with Crippen LogP contribution in [0.25, 0.3) is 16.7 Å². The quantitative estimate of drug-likeness (QED) is 0.511. The first-order valence-electron chi connectivity index (χ1n) is 12.7. The predicted molar refractivity (Wildman–Crippen MR) is 136 cm³/mol. The van der Waals surface area contributed by atoms with Crippen molar-refractivity contribution in [2.45, 2.75) is 44.8 Å². The molecule has 0 bridgehead atoms. The fourth-order valence-corrected chi connectivity index (χ4v) is 5.44. The normalized spacial score (nSPS) is 20.8. The molecule has 3 aromatic rings. The molecule has 0 aliphatic carbocycles. The van der Waals surface area contributed by atoms with Crippen molar-refractivity contribution in [3.63, 3.8) is 0 Å². The number of fused-ring (bicyclic) bond motifs is 1. The highest BCUT2D eigenvalue weighted by Gasteiger charge is 2.25. The molecule has 4 heterocycles. The maximum atomic E-state index is 12.7. The topological polar surface area (TPSA) is 99.8 Å². The van der Waals surface area contributed by atoms with Crippen molar-refractivity contribution in [2.24, 2.45) is 0 Å². The van der Waals surface area contributed by atoms with E-state index in [2.05, 4.69) is 38.9 Å². The summed E-state index contributed by atoms with van der Waals surface area (Å²) in [4.78, 5) is 13.6. The van der Waals surface area contributed by atoms with Gasteiger partial charge in [0.15, 0.2) is 5.82 Å². The van der Waals surface area contributed by atoms with Crippen LogP contribution in [0.15, 0.2) is 24.4 Å². The van der Waals surface area contributed by atoms with E-state index in [0.717, 1.165) is 42.7 Å². The smallest absolute Gasteiger partial charge is 0.159 e. The number of hydrogen-bond donors (Lipinski definition) is 2. The summed E-state index contributed by atoms with van der Waals surface area (Å²) in [6.45, 7) is 7.23. The van der Waals surface area contributed by atoms with E-state index in [1.165, 1.54) is 11.1 Å². The summed E-state index contributed by atoms with van der Waals surface area (Å²) in [6, 6.07) is 6.38. The molecule has 10 heteroatoms. The summed E-state index contributed by atoms with van der Waals surface area (Å²) in [5, 5.41) is 24.9. The van der Waals surface area contributed by atoms with Crippen molar-refractivity contribution in [1.29, 1.82) is 0 Å². The number of nitrogens with zero attached hydrogens (tertiary/aromatic N) is 6. The molecule has 0 saturated carbocycles. The molecule has 2 aliphatic rings. The molecule has 2 unspecified atom stereocenters. The molecule has 2 saturated heterocycles. The van der Waals surface area contributed by atoms with Crippen molar-refractivity contribution in [2.75, 3.05) is 57.5 Å². The van der Waals surface area contributed by atoms with Gasteiger partial charge in [-0.25, -0.2) is 19.0 Å². The monoisotopic (exact) mass is 498 g/mol. The minimum absolute atomic E-state index is 0.0191. The van der Waals surface area contributed by atoms with Crippen LogP contribution in [0.5, 0.6) is 0 Å². The molecule has 2 N–H and O–H groups in total. The van der Waals surface area contributed by atoms with Gasteiger partial charge >= 0.3 is 0 Å². The Morgan fingerprint density at radius 2 is 1.89 bits per heavy atom. The fourth-order valence-electron chi connectivity index (χ4n) is 5.44. The summed E-state index contributed by atoms with van der Waals surface area (Å²) < 4.78 is 20.2. The van der Waals surface area contributed by atoms with E-state index in [-0.39, 0.29) is 12.7 Å². The Morgan fingerprint density at radius 1 is 1.11 bits per heavy atom. The van der Waals surface area contributed by atoms with Crippen LogP contribution in [0.2, 0.25) is 0 Å². The van der Waals surface area contributed by atoms with E-state index in [9.17, 15) is 14.6 Å². The lowest BCUT2D eigenvalue weighted by Gasteiger charge is -2.33. The van der Waals surface area contributed by atoms with Crippen LogP contribution in [0.1, 0.15) is 35.7 Å². The Hall–Kier alpha value is -2.66. The maximum absolute atomic E-state index is 12.7. The first-order chi connectivity index (χ1) is 17.4. The number of benzene rings is 1. The number of aliphatic hydroxyl groups is 2. The zero-order valence-corrected chi connectivity index (χ0v) is 21.0. The number of β-amino-alcohol motifs (C(OH)–C–C–N with tert-alkyl or cyclic N) is 1. The molecule has 0 amide bonds. The Bertz CT molecular complexity index is 1200. The third-order valence-electron chi connectivity index (χ3n) is 7.32. The van der Waals surface area contributed by atoms with Gasteiger partial charge < -0.3 is 24.7 Å². The van der Waals surface area contributed by atoms with Crippen molar-refractivity contribution in [1.82, 2.24) is 24.6 Å². The number of halogens is 1. The molecule has 194 valence electrons. The van der Waals surface area contributed by atoms with Crippen LogP contribution < -0.4 is 4.90 Å². The molecule has 0 spiro atoms. The number of piperidine rings is 1. The number of ether oxygens (including phenoxy) is 1. The number of aliphatic hydroxyl groups excluding tert-OH is 2. The lowest BCUT2D eigenvalue weighted by Crippen LogP contribution is -2.44. The Labute approximate surface area is 210 Å². The molecule has 36 heavy (non-hydrogen) atoms. The van der Waals surface area contributed by atoms with Gasteiger partial charge in [0.2, 0.25) is 0 Å². The van der Waals surface area contributed by atoms with Gasteiger partial charge in [-0.3, -0.25) is 0 Å². The second-order valence-electron chi connectivity index (χ2n) is 9.96. The highest BCUT2D eigenvalue weighted by Crippen LogP contribution is 2.33. The Balaban J connectivity index is 1.42. The third kappa shape index (κ3) is 5.22. The lowest BCUT2D eigenvalue weighted by molar-refractivity contribution is 0.00335.